The number of pyridine rings is 1. The fourth-order valence-electron chi connectivity index (χ4n) is 5.75. The molecular formula is C36H32NSi+. The Hall–Kier alpha value is -4.27. The predicted molar refractivity (Wildman–Crippen MR) is 164 cm³/mol. The minimum atomic E-state index is -2.18. The molecule has 0 amide bonds. The largest absolute Gasteiger partial charge is 0.220 e. The summed E-state index contributed by atoms with van der Waals surface area (Å²) in [5, 5.41) is 6.85. The van der Waals surface area contributed by atoms with Crippen molar-refractivity contribution in [3.8, 4) is 22.4 Å². The van der Waals surface area contributed by atoms with Crippen molar-refractivity contribution in [2.45, 2.75) is 13.5 Å². The van der Waals surface area contributed by atoms with Crippen LogP contribution in [0.15, 0.2) is 140 Å². The third-order valence-corrected chi connectivity index (χ3v) is 12.5. The quantitative estimate of drug-likeness (QED) is 0.145. The van der Waals surface area contributed by atoms with Crippen molar-refractivity contribution in [3.05, 3.63) is 145 Å². The SMILES string of the molecule is Cc1ccc(-c2ccccc2)cc1-c1c2ccc([Si](C)(c3ccccc3)c3ccccc3)cc2cc[n+]1C. The van der Waals surface area contributed by atoms with Crippen LogP contribution in [0.1, 0.15) is 5.56 Å². The van der Waals surface area contributed by atoms with Crippen LogP contribution >= 0.6 is 0 Å². The standard InChI is InChI=1S/C36H32NSi/c1-27-19-20-29(28-13-7-4-8-14-28)26-35(27)36-34-22-21-33(25-30(34)23-24-37(36)2)38(3,31-15-9-5-10-16-31)32-17-11-6-12-18-32/h4-26H,1-3H3/q+1. The topological polar surface area (TPSA) is 3.88 Å². The van der Waals surface area contributed by atoms with Gasteiger partial charge in [0.25, 0.3) is 0 Å². The average Bonchev–Trinajstić information content (AvgIpc) is 2.98. The molecule has 1 aromatic heterocycles. The second-order valence-electron chi connectivity index (χ2n) is 10.3. The van der Waals surface area contributed by atoms with E-state index in [0.29, 0.717) is 0 Å². The van der Waals surface area contributed by atoms with E-state index >= 15 is 0 Å². The lowest BCUT2D eigenvalue weighted by Gasteiger charge is -2.29. The van der Waals surface area contributed by atoms with Gasteiger partial charge in [0.2, 0.25) is 5.69 Å². The number of aryl methyl sites for hydroxylation is 2. The van der Waals surface area contributed by atoms with Crippen molar-refractivity contribution in [2.75, 3.05) is 0 Å². The molecule has 0 saturated heterocycles. The maximum Gasteiger partial charge on any atom is 0.220 e. The molecule has 0 spiro atoms. The molecule has 0 radical (unpaired) electrons. The van der Waals surface area contributed by atoms with Crippen molar-refractivity contribution >= 4 is 34.4 Å². The molecule has 0 unspecified atom stereocenters. The molecular weight excluding hydrogens is 474 g/mol. The van der Waals surface area contributed by atoms with E-state index in [0.717, 1.165) is 0 Å². The molecule has 0 aliphatic carbocycles. The highest BCUT2D eigenvalue weighted by molar-refractivity contribution is 7.10. The number of nitrogens with zero attached hydrogens (tertiary/aromatic N) is 1. The lowest BCUT2D eigenvalue weighted by molar-refractivity contribution is -0.659. The summed E-state index contributed by atoms with van der Waals surface area (Å²) in [5.41, 5.74) is 6.30. The highest BCUT2D eigenvalue weighted by Gasteiger charge is 2.34. The summed E-state index contributed by atoms with van der Waals surface area (Å²) in [7, 11) is -0.0191. The third-order valence-electron chi connectivity index (χ3n) is 8.02. The summed E-state index contributed by atoms with van der Waals surface area (Å²) in [6.07, 6.45) is 2.21. The van der Waals surface area contributed by atoms with E-state index < -0.39 is 8.07 Å². The maximum atomic E-state index is 2.48. The van der Waals surface area contributed by atoms with Gasteiger partial charge in [-0.2, -0.15) is 0 Å². The Labute approximate surface area is 226 Å². The van der Waals surface area contributed by atoms with Crippen molar-refractivity contribution < 1.29 is 4.57 Å². The lowest BCUT2D eigenvalue weighted by atomic mass is 9.95. The zero-order valence-electron chi connectivity index (χ0n) is 22.2. The molecule has 0 aliphatic rings. The average molecular weight is 507 g/mol. The Balaban J connectivity index is 1.55. The fourth-order valence-corrected chi connectivity index (χ4v) is 9.33. The van der Waals surface area contributed by atoms with Gasteiger partial charge < -0.3 is 0 Å². The minimum Gasteiger partial charge on any atom is -0.200 e. The Morgan fingerprint density at radius 1 is 0.553 bits per heavy atom. The number of hydrogen-bond donors (Lipinski definition) is 0. The van der Waals surface area contributed by atoms with Gasteiger partial charge in [0.15, 0.2) is 6.20 Å². The first-order valence-electron chi connectivity index (χ1n) is 13.3. The van der Waals surface area contributed by atoms with Crippen LogP contribution in [-0.2, 0) is 7.05 Å². The molecule has 5 aromatic carbocycles. The highest BCUT2D eigenvalue weighted by atomic mass is 28.3. The number of benzene rings is 5. The molecule has 38 heavy (non-hydrogen) atoms. The molecule has 0 fully saturated rings. The summed E-state index contributed by atoms with van der Waals surface area (Å²) >= 11 is 0. The molecule has 1 heterocycles. The number of aromatic nitrogens is 1. The maximum absolute atomic E-state index is 2.48. The molecule has 0 N–H and O–H groups in total. The van der Waals surface area contributed by atoms with E-state index in [-0.39, 0.29) is 0 Å². The molecule has 0 aliphatic heterocycles. The first-order valence-corrected chi connectivity index (χ1v) is 15.8. The van der Waals surface area contributed by atoms with Gasteiger partial charge in [0.05, 0.1) is 10.9 Å². The second-order valence-corrected chi connectivity index (χ2v) is 14.3. The molecule has 6 rings (SSSR count). The Morgan fingerprint density at radius 3 is 1.79 bits per heavy atom. The van der Waals surface area contributed by atoms with Gasteiger partial charge in [0, 0.05) is 6.07 Å². The van der Waals surface area contributed by atoms with E-state index in [9.17, 15) is 0 Å². The van der Waals surface area contributed by atoms with Gasteiger partial charge in [-0.1, -0.05) is 122 Å². The minimum absolute atomic E-state index is 1.24. The van der Waals surface area contributed by atoms with Gasteiger partial charge >= 0.3 is 0 Å². The first-order chi connectivity index (χ1) is 18.6. The van der Waals surface area contributed by atoms with Crippen LogP contribution in [0.4, 0.5) is 0 Å². The van der Waals surface area contributed by atoms with Gasteiger partial charge in [-0.25, -0.2) is 4.57 Å². The normalized spacial score (nSPS) is 11.6. The van der Waals surface area contributed by atoms with Crippen LogP contribution in [0.5, 0.6) is 0 Å². The van der Waals surface area contributed by atoms with E-state index in [1.165, 1.54) is 54.3 Å². The fraction of sp³-hybridized carbons (Fsp3) is 0.0833. The second kappa shape index (κ2) is 9.89. The van der Waals surface area contributed by atoms with E-state index in [1.807, 2.05) is 0 Å². The Kier molecular flexibility index (Phi) is 6.27. The van der Waals surface area contributed by atoms with Crippen molar-refractivity contribution in [1.29, 1.82) is 0 Å². The van der Waals surface area contributed by atoms with E-state index in [4.69, 9.17) is 0 Å². The smallest absolute Gasteiger partial charge is 0.200 e. The predicted octanol–water partition coefficient (Wildman–Crippen LogP) is 6.41. The van der Waals surface area contributed by atoms with Gasteiger partial charge in [0.1, 0.15) is 15.1 Å². The number of rotatable bonds is 5. The van der Waals surface area contributed by atoms with Crippen LogP contribution < -0.4 is 20.1 Å². The summed E-state index contributed by atoms with van der Waals surface area (Å²) in [6.45, 7) is 4.70. The number of fused-ring (bicyclic) bond motifs is 1. The lowest BCUT2D eigenvalue weighted by Crippen LogP contribution is -2.64. The zero-order valence-corrected chi connectivity index (χ0v) is 23.2. The summed E-state index contributed by atoms with van der Waals surface area (Å²) in [4.78, 5) is 0. The molecule has 6 aromatic rings. The monoisotopic (exact) mass is 506 g/mol. The number of hydrogen-bond acceptors (Lipinski definition) is 0. The summed E-state index contributed by atoms with van der Waals surface area (Å²) in [6, 6.07) is 49.1. The van der Waals surface area contributed by atoms with Crippen LogP contribution in [0, 0.1) is 6.92 Å². The van der Waals surface area contributed by atoms with Crippen LogP contribution in [0.25, 0.3) is 33.2 Å². The van der Waals surface area contributed by atoms with Gasteiger partial charge in [-0.15, -0.1) is 0 Å². The molecule has 1 nitrogen and oxygen atoms in total. The van der Waals surface area contributed by atoms with Crippen molar-refractivity contribution in [1.82, 2.24) is 0 Å². The molecule has 0 bridgehead atoms. The van der Waals surface area contributed by atoms with Gasteiger partial charge in [-0.3, -0.25) is 0 Å². The first kappa shape index (κ1) is 24.1. The van der Waals surface area contributed by atoms with E-state index in [2.05, 4.69) is 165 Å². The Morgan fingerprint density at radius 2 is 1.16 bits per heavy atom. The molecule has 184 valence electrons. The van der Waals surface area contributed by atoms with Crippen molar-refractivity contribution in [3.63, 3.8) is 0 Å². The molecule has 0 atom stereocenters. The summed E-state index contributed by atoms with van der Waals surface area (Å²) in [5.74, 6) is 0. The summed E-state index contributed by atoms with van der Waals surface area (Å²) < 4.78 is 2.27. The van der Waals surface area contributed by atoms with Crippen LogP contribution in [0.3, 0.4) is 0 Å². The van der Waals surface area contributed by atoms with E-state index in [1.54, 1.807) is 0 Å². The zero-order chi connectivity index (χ0) is 26.1. The Bertz CT molecular complexity index is 1690. The highest BCUT2D eigenvalue weighted by Crippen LogP contribution is 2.31. The van der Waals surface area contributed by atoms with Gasteiger partial charge in [-0.05, 0) is 56.7 Å². The van der Waals surface area contributed by atoms with Crippen molar-refractivity contribution in [2.24, 2.45) is 7.05 Å². The molecule has 0 saturated carbocycles. The van der Waals surface area contributed by atoms with Crippen LogP contribution in [-0.4, -0.2) is 8.07 Å². The molecule has 2 heteroatoms. The van der Waals surface area contributed by atoms with Crippen LogP contribution in [0.2, 0.25) is 6.55 Å². The third kappa shape index (κ3) is 4.17.